The normalized spacial score (nSPS) is 12.6. The molecule has 0 saturated heterocycles. The average molecular weight is 988 g/mol. The fourth-order valence-electron chi connectivity index (χ4n) is 14.4. The first-order valence-electron chi connectivity index (χ1n) is 27.0. The molecule has 12 aromatic carbocycles. The third-order valence-corrected chi connectivity index (χ3v) is 17.5. The maximum absolute atomic E-state index is 6.05. The zero-order chi connectivity index (χ0) is 50.5. The fraction of sp³-hybridized carbons (Fsp3) is 0. The van der Waals surface area contributed by atoms with Crippen LogP contribution < -0.4 is 0 Å². The van der Waals surface area contributed by atoms with Gasteiger partial charge in [0.1, 0.15) is 5.65 Å². The highest BCUT2D eigenvalue weighted by molar-refractivity contribution is 6.35. The Labute approximate surface area is 444 Å². The summed E-state index contributed by atoms with van der Waals surface area (Å²) in [6.45, 7) is 0. The highest BCUT2D eigenvalue weighted by Gasteiger charge is 2.28. The number of benzene rings is 12. The van der Waals surface area contributed by atoms with Gasteiger partial charge in [-0.3, -0.25) is 4.40 Å². The lowest BCUT2D eigenvalue weighted by Gasteiger charge is -2.11. The molecular weight excluding hydrogens is 947 g/mol. The Morgan fingerprint density at radius 1 is 0.256 bits per heavy atom. The van der Waals surface area contributed by atoms with Crippen molar-refractivity contribution in [2.75, 3.05) is 0 Å². The number of nitrogens with zero attached hydrogens (tertiary/aromatic N) is 5. The summed E-state index contributed by atoms with van der Waals surface area (Å²) in [6, 6.07) is 92.2. The van der Waals surface area contributed by atoms with E-state index in [2.05, 4.69) is 267 Å². The summed E-state index contributed by atoms with van der Waals surface area (Å²) in [4.78, 5) is 6.05. The number of fused-ring (bicyclic) bond motifs is 22. The predicted octanol–water partition coefficient (Wildman–Crippen LogP) is 19.2. The molecule has 0 aliphatic carbocycles. The van der Waals surface area contributed by atoms with Crippen LogP contribution in [0.4, 0.5) is 0 Å². The van der Waals surface area contributed by atoms with Crippen LogP contribution in [0.5, 0.6) is 0 Å². The second kappa shape index (κ2) is 14.7. The Bertz CT molecular complexity index is 5790. The number of rotatable bonds is 4. The van der Waals surface area contributed by atoms with E-state index < -0.39 is 0 Å². The van der Waals surface area contributed by atoms with Gasteiger partial charge in [-0.05, 0) is 112 Å². The second-order valence-electron chi connectivity index (χ2n) is 21.4. The van der Waals surface area contributed by atoms with Crippen molar-refractivity contribution in [3.05, 3.63) is 249 Å². The molecule has 19 aromatic rings. The van der Waals surface area contributed by atoms with Crippen LogP contribution in [0.25, 0.3) is 175 Å². The van der Waals surface area contributed by atoms with Crippen molar-refractivity contribution in [1.29, 1.82) is 0 Å². The molecule has 0 bridgehead atoms. The number of aromatic nitrogens is 5. The van der Waals surface area contributed by atoms with E-state index in [1.54, 1.807) is 0 Å². The lowest BCUT2D eigenvalue weighted by molar-refractivity contribution is 1.18. The van der Waals surface area contributed by atoms with Gasteiger partial charge in [-0.2, -0.15) is 0 Å². The van der Waals surface area contributed by atoms with Crippen LogP contribution in [-0.4, -0.2) is 22.9 Å². The first-order chi connectivity index (χ1) is 38.7. The standard InChI is InChI=1S/C73H41N5/c1-3-19-46(20-4-1)75-61-31-13-11-25-51(61)57-38-44(33-35-63(57)75)50-27-15-28-53-59-40-43-18-8-10-24-49(43)67-68-65(77(69(50)53)72(59)67)41-60-54-29-16-30-55-66-48-23-9-7-17-42(48)37-56(71(66)78(70(54)55)73(60)74-68)45-34-36-64-58(39-45)52-26-12-14-32-62(52)76(64)47-21-5-2-6-22-47/h1-41H. The molecular formula is C73H41N5. The molecule has 0 spiro atoms. The molecule has 7 heterocycles. The van der Waals surface area contributed by atoms with E-state index in [4.69, 9.17) is 4.98 Å². The van der Waals surface area contributed by atoms with E-state index in [0.29, 0.717) is 0 Å². The SMILES string of the molecule is c1ccc(-n2c3ccccc3c3cc(-c4cccc5c6cc7ccccc7c7c8nc9c(cc8n(c45)c67)c4cccc5c6c7ccccc7cc(-c7ccc8c(c7)c7ccccc7n8-c7ccccc7)c6n9c45)ccc32)cc1. The monoisotopic (exact) mass is 987 g/mol. The number of hydrogen-bond acceptors (Lipinski definition) is 1. The molecule has 7 aromatic heterocycles. The van der Waals surface area contributed by atoms with Gasteiger partial charge >= 0.3 is 0 Å². The Hall–Kier alpha value is -10.5. The van der Waals surface area contributed by atoms with Crippen molar-refractivity contribution in [1.82, 2.24) is 22.9 Å². The highest BCUT2D eigenvalue weighted by atomic mass is 15.0. The Kier molecular flexibility index (Phi) is 7.68. The molecule has 0 aliphatic heterocycles. The number of hydrogen-bond donors (Lipinski definition) is 0. The maximum atomic E-state index is 6.05. The van der Waals surface area contributed by atoms with Crippen molar-refractivity contribution in [3.63, 3.8) is 0 Å². The zero-order valence-corrected chi connectivity index (χ0v) is 41.9. The van der Waals surface area contributed by atoms with Gasteiger partial charge in [0, 0.05) is 81.8 Å². The molecule has 5 heteroatoms. The van der Waals surface area contributed by atoms with E-state index in [9.17, 15) is 0 Å². The fourth-order valence-corrected chi connectivity index (χ4v) is 14.4. The minimum Gasteiger partial charge on any atom is -0.309 e. The Balaban J connectivity index is 0.928. The lowest BCUT2D eigenvalue weighted by atomic mass is 9.95. The van der Waals surface area contributed by atoms with E-state index in [-0.39, 0.29) is 0 Å². The smallest absolute Gasteiger partial charge is 0.146 e. The third-order valence-electron chi connectivity index (χ3n) is 17.5. The summed E-state index contributed by atoms with van der Waals surface area (Å²) in [5.74, 6) is 0. The summed E-state index contributed by atoms with van der Waals surface area (Å²) in [5.41, 5.74) is 19.8. The number of pyridine rings is 1. The molecule has 358 valence electrons. The molecule has 0 unspecified atom stereocenters. The van der Waals surface area contributed by atoms with Crippen molar-refractivity contribution in [3.8, 4) is 33.6 Å². The van der Waals surface area contributed by atoms with Crippen molar-refractivity contribution in [2.45, 2.75) is 0 Å². The summed E-state index contributed by atoms with van der Waals surface area (Å²) < 4.78 is 9.89. The molecule has 78 heavy (non-hydrogen) atoms. The van der Waals surface area contributed by atoms with E-state index in [1.807, 2.05) is 0 Å². The largest absolute Gasteiger partial charge is 0.309 e. The Morgan fingerprint density at radius 3 is 1.44 bits per heavy atom. The van der Waals surface area contributed by atoms with Crippen molar-refractivity contribution in [2.24, 2.45) is 0 Å². The van der Waals surface area contributed by atoms with Crippen LogP contribution in [0.15, 0.2) is 249 Å². The highest BCUT2D eigenvalue weighted by Crippen LogP contribution is 2.50. The van der Waals surface area contributed by atoms with Crippen molar-refractivity contribution < 1.29 is 0 Å². The first-order valence-corrected chi connectivity index (χ1v) is 27.0. The van der Waals surface area contributed by atoms with Gasteiger partial charge in [-0.25, -0.2) is 4.98 Å². The molecule has 0 radical (unpaired) electrons. The molecule has 0 aliphatic rings. The lowest BCUT2D eigenvalue weighted by Crippen LogP contribution is -1.93. The second-order valence-corrected chi connectivity index (χ2v) is 21.4. The van der Waals surface area contributed by atoms with Gasteiger partial charge < -0.3 is 13.5 Å². The van der Waals surface area contributed by atoms with Gasteiger partial charge in [-0.1, -0.05) is 170 Å². The van der Waals surface area contributed by atoms with Gasteiger partial charge in [-0.15, -0.1) is 0 Å². The summed E-state index contributed by atoms with van der Waals surface area (Å²) in [5, 5.41) is 18.4. The molecule has 0 atom stereocenters. The van der Waals surface area contributed by atoms with Gasteiger partial charge in [0.2, 0.25) is 0 Å². The van der Waals surface area contributed by atoms with Crippen LogP contribution in [0, 0.1) is 0 Å². The van der Waals surface area contributed by atoms with Gasteiger partial charge in [0.15, 0.2) is 0 Å². The minimum atomic E-state index is 0.977. The average Bonchev–Trinajstić information content (AvgIpc) is 4.53. The maximum Gasteiger partial charge on any atom is 0.146 e. The van der Waals surface area contributed by atoms with E-state index in [1.165, 1.54) is 142 Å². The van der Waals surface area contributed by atoms with Gasteiger partial charge in [0.25, 0.3) is 0 Å². The molecule has 19 rings (SSSR count). The van der Waals surface area contributed by atoms with Crippen LogP contribution in [0.1, 0.15) is 0 Å². The minimum absolute atomic E-state index is 0.977. The number of para-hydroxylation sites is 6. The molecule has 5 nitrogen and oxygen atoms in total. The summed E-state index contributed by atoms with van der Waals surface area (Å²) in [7, 11) is 0. The van der Waals surface area contributed by atoms with Crippen LogP contribution >= 0.6 is 0 Å². The summed E-state index contributed by atoms with van der Waals surface area (Å²) >= 11 is 0. The molecule has 0 N–H and O–H groups in total. The zero-order valence-electron chi connectivity index (χ0n) is 41.9. The Morgan fingerprint density at radius 2 is 0.769 bits per heavy atom. The van der Waals surface area contributed by atoms with Gasteiger partial charge in [0.05, 0.1) is 55.2 Å². The topological polar surface area (TPSA) is 31.6 Å². The predicted molar refractivity (Wildman–Crippen MR) is 328 cm³/mol. The van der Waals surface area contributed by atoms with Crippen molar-refractivity contribution >= 4 is 142 Å². The summed E-state index contributed by atoms with van der Waals surface area (Å²) in [6.07, 6.45) is 0. The van der Waals surface area contributed by atoms with E-state index in [0.717, 1.165) is 33.4 Å². The quantitative estimate of drug-likeness (QED) is 0.173. The third kappa shape index (κ3) is 5.09. The van der Waals surface area contributed by atoms with Crippen LogP contribution in [0.2, 0.25) is 0 Å². The van der Waals surface area contributed by atoms with Crippen LogP contribution in [0.3, 0.4) is 0 Å². The molecule has 0 fully saturated rings. The van der Waals surface area contributed by atoms with E-state index >= 15 is 0 Å². The molecule has 0 saturated carbocycles. The first kappa shape index (κ1) is 40.8. The molecule has 0 amide bonds. The van der Waals surface area contributed by atoms with Crippen LogP contribution in [-0.2, 0) is 0 Å².